The number of hydrogen-bond donors (Lipinski definition) is 0. The fraction of sp³-hybridized carbons (Fsp3) is 0.433. The summed E-state index contributed by atoms with van der Waals surface area (Å²) in [6, 6.07) is 6.86. The highest BCUT2D eigenvalue weighted by Crippen LogP contribution is 2.48. The first-order valence-electron chi connectivity index (χ1n) is 14.0. The number of alkyl halides is 5. The van der Waals surface area contributed by atoms with Crippen LogP contribution in [-0.2, 0) is 32.1 Å². The molecule has 2 aliphatic rings. The van der Waals surface area contributed by atoms with Gasteiger partial charge >= 0.3 is 6.18 Å². The van der Waals surface area contributed by atoms with Crippen molar-refractivity contribution in [3.8, 4) is 28.7 Å². The maximum Gasteiger partial charge on any atom is 0.434 e. The minimum atomic E-state index is -4.55. The molecule has 0 radical (unpaired) electrons. The van der Waals surface area contributed by atoms with Crippen LogP contribution >= 0.6 is 0 Å². The second-order valence-corrected chi connectivity index (χ2v) is 11.3. The van der Waals surface area contributed by atoms with E-state index < -0.39 is 17.8 Å². The standard InChI is InChI=1S/C30H30F5N7O/c1-16(2)42(13-17-5-7-19(8-6-17)26-38-21(14-41(26)3)30(33,34)35)27-20-11-12-29(31,32)24(20)39-25(40-27)22-23(18-9-10-18)36-15-37-28(22)43-4/h5-8,14-16,18H,9-13H2,1-4H3. The van der Waals surface area contributed by atoms with Crippen LogP contribution in [-0.4, -0.2) is 42.6 Å². The third-order valence-corrected chi connectivity index (χ3v) is 7.87. The van der Waals surface area contributed by atoms with Crippen LogP contribution in [0.4, 0.5) is 27.8 Å². The maximum atomic E-state index is 15.2. The van der Waals surface area contributed by atoms with Gasteiger partial charge in [0, 0.05) is 49.3 Å². The fourth-order valence-corrected chi connectivity index (χ4v) is 5.50. The average molecular weight is 600 g/mol. The molecule has 0 saturated heterocycles. The molecule has 0 aliphatic heterocycles. The van der Waals surface area contributed by atoms with Crippen molar-refractivity contribution in [1.82, 2.24) is 29.5 Å². The first kappa shape index (κ1) is 28.9. The summed E-state index contributed by atoms with van der Waals surface area (Å²) in [6.45, 7) is 4.22. The van der Waals surface area contributed by atoms with Crippen LogP contribution in [0.5, 0.6) is 5.88 Å². The van der Waals surface area contributed by atoms with E-state index in [0.717, 1.165) is 24.6 Å². The molecule has 1 saturated carbocycles. The topological polar surface area (TPSA) is 81.9 Å². The predicted molar refractivity (Wildman–Crippen MR) is 149 cm³/mol. The van der Waals surface area contributed by atoms with Gasteiger partial charge in [0.1, 0.15) is 29.2 Å². The molecule has 43 heavy (non-hydrogen) atoms. The Morgan fingerprint density at radius 3 is 2.40 bits per heavy atom. The Morgan fingerprint density at radius 1 is 1.07 bits per heavy atom. The summed E-state index contributed by atoms with van der Waals surface area (Å²) in [7, 11) is 2.97. The Hall–Kier alpha value is -4.16. The molecule has 2 aliphatic carbocycles. The molecule has 0 spiro atoms. The number of fused-ring (bicyclic) bond motifs is 1. The zero-order chi connectivity index (χ0) is 30.7. The molecule has 0 N–H and O–H groups in total. The molecule has 3 heterocycles. The lowest BCUT2D eigenvalue weighted by molar-refractivity contribution is -0.140. The van der Waals surface area contributed by atoms with E-state index in [0.29, 0.717) is 34.7 Å². The number of benzene rings is 1. The van der Waals surface area contributed by atoms with Gasteiger partial charge in [-0.25, -0.2) is 24.9 Å². The molecule has 8 nitrogen and oxygen atoms in total. The number of rotatable bonds is 8. The summed E-state index contributed by atoms with van der Waals surface area (Å²) in [5.74, 6) is -2.03. The van der Waals surface area contributed by atoms with E-state index in [1.54, 1.807) is 24.3 Å². The second kappa shape index (κ2) is 10.5. The van der Waals surface area contributed by atoms with Gasteiger partial charge in [-0.05, 0) is 38.7 Å². The first-order valence-corrected chi connectivity index (χ1v) is 14.0. The average Bonchev–Trinajstić information content (AvgIpc) is 3.67. The van der Waals surface area contributed by atoms with Gasteiger partial charge in [-0.2, -0.15) is 22.0 Å². The van der Waals surface area contributed by atoms with Crippen molar-refractivity contribution in [2.24, 2.45) is 7.05 Å². The van der Waals surface area contributed by atoms with Gasteiger partial charge in [-0.1, -0.05) is 24.3 Å². The highest BCUT2D eigenvalue weighted by atomic mass is 19.4. The molecule has 0 bridgehead atoms. The van der Waals surface area contributed by atoms with Crippen LogP contribution in [0.2, 0.25) is 0 Å². The lowest BCUT2D eigenvalue weighted by atomic mass is 10.1. The molecule has 1 fully saturated rings. The van der Waals surface area contributed by atoms with Crippen LogP contribution in [0.25, 0.3) is 22.8 Å². The number of halogens is 5. The van der Waals surface area contributed by atoms with Gasteiger partial charge in [0.25, 0.3) is 5.92 Å². The molecule has 0 atom stereocenters. The number of nitrogens with zero attached hydrogens (tertiary/aromatic N) is 7. The molecule has 0 unspecified atom stereocenters. The van der Waals surface area contributed by atoms with Crippen LogP contribution < -0.4 is 9.64 Å². The molecule has 13 heteroatoms. The zero-order valence-corrected chi connectivity index (χ0v) is 24.1. The number of hydrogen-bond acceptors (Lipinski definition) is 7. The van der Waals surface area contributed by atoms with Crippen LogP contribution in [0.1, 0.15) is 67.2 Å². The van der Waals surface area contributed by atoms with Crippen molar-refractivity contribution in [2.75, 3.05) is 12.0 Å². The lowest BCUT2D eigenvalue weighted by Crippen LogP contribution is -2.32. The van der Waals surface area contributed by atoms with Crippen LogP contribution in [0.3, 0.4) is 0 Å². The molecule has 1 aromatic carbocycles. The molecule has 4 aromatic rings. The van der Waals surface area contributed by atoms with Crippen molar-refractivity contribution >= 4 is 5.82 Å². The first-order chi connectivity index (χ1) is 20.4. The summed E-state index contributed by atoms with van der Waals surface area (Å²) >= 11 is 0. The van der Waals surface area contributed by atoms with E-state index in [-0.39, 0.29) is 48.0 Å². The Kier molecular flexibility index (Phi) is 7.09. The van der Waals surface area contributed by atoms with E-state index in [2.05, 4.69) is 19.9 Å². The molecule has 226 valence electrons. The fourth-order valence-electron chi connectivity index (χ4n) is 5.50. The largest absolute Gasteiger partial charge is 0.480 e. The zero-order valence-electron chi connectivity index (χ0n) is 24.1. The second-order valence-electron chi connectivity index (χ2n) is 11.3. The summed E-state index contributed by atoms with van der Waals surface area (Å²) in [6.07, 6.45) is -0.590. The minimum absolute atomic E-state index is 0.103. The Labute approximate surface area is 245 Å². The number of ether oxygens (including phenoxy) is 1. The van der Waals surface area contributed by atoms with Gasteiger partial charge < -0.3 is 14.2 Å². The Morgan fingerprint density at radius 2 is 1.79 bits per heavy atom. The smallest absolute Gasteiger partial charge is 0.434 e. The number of anilines is 1. The summed E-state index contributed by atoms with van der Waals surface area (Å²) in [4.78, 5) is 23.7. The molecular formula is C30H30F5N7O. The van der Waals surface area contributed by atoms with Crippen molar-refractivity contribution < 1.29 is 26.7 Å². The molecule has 3 aromatic heterocycles. The van der Waals surface area contributed by atoms with E-state index in [9.17, 15) is 13.2 Å². The van der Waals surface area contributed by atoms with E-state index in [1.165, 1.54) is 25.1 Å². The van der Waals surface area contributed by atoms with Gasteiger partial charge in [-0.3, -0.25) is 0 Å². The monoisotopic (exact) mass is 599 g/mol. The predicted octanol–water partition coefficient (Wildman–Crippen LogP) is 6.69. The van der Waals surface area contributed by atoms with Gasteiger partial charge in [0.2, 0.25) is 5.88 Å². The third kappa shape index (κ3) is 5.40. The summed E-state index contributed by atoms with van der Waals surface area (Å²) in [5, 5.41) is 0. The third-order valence-electron chi connectivity index (χ3n) is 7.87. The van der Waals surface area contributed by atoms with Gasteiger partial charge in [0.15, 0.2) is 11.5 Å². The van der Waals surface area contributed by atoms with Crippen LogP contribution in [0, 0.1) is 0 Å². The quantitative estimate of drug-likeness (QED) is 0.209. The lowest BCUT2D eigenvalue weighted by Gasteiger charge is -2.30. The number of imidazole rings is 1. The number of aryl methyl sites for hydroxylation is 1. The molecular weight excluding hydrogens is 569 g/mol. The van der Waals surface area contributed by atoms with E-state index >= 15 is 8.78 Å². The molecule has 6 rings (SSSR count). The minimum Gasteiger partial charge on any atom is -0.480 e. The summed E-state index contributed by atoms with van der Waals surface area (Å²) < 4.78 is 76.8. The SMILES string of the molecule is COc1ncnc(C2CC2)c1-c1nc(N(Cc2ccc(-c3nc(C(F)(F)F)cn3C)cc2)C(C)C)c2c(n1)C(F)(F)CC2. The van der Waals surface area contributed by atoms with E-state index in [4.69, 9.17) is 9.72 Å². The van der Waals surface area contributed by atoms with E-state index in [1.807, 2.05) is 18.7 Å². The Bertz CT molecular complexity index is 1660. The number of aromatic nitrogens is 6. The number of methoxy groups -OCH3 is 1. The van der Waals surface area contributed by atoms with Crippen LogP contribution in [0.15, 0.2) is 36.8 Å². The Balaban J connectivity index is 1.40. The van der Waals surface area contributed by atoms with Crippen molar-refractivity contribution in [2.45, 2.75) is 70.1 Å². The maximum absolute atomic E-state index is 15.2. The highest BCUT2D eigenvalue weighted by Gasteiger charge is 2.45. The normalized spacial score (nSPS) is 16.0. The van der Waals surface area contributed by atoms with Crippen molar-refractivity contribution in [3.63, 3.8) is 0 Å². The van der Waals surface area contributed by atoms with Gasteiger partial charge in [0.05, 0.1) is 12.8 Å². The van der Waals surface area contributed by atoms with Crippen molar-refractivity contribution in [1.29, 1.82) is 0 Å². The van der Waals surface area contributed by atoms with Crippen molar-refractivity contribution in [3.05, 3.63) is 65.0 Å². The molecule has 0 amide bonds. The summed E-state index contributed by atoms with van der Waals surface area (Å²) in [5.41, 5.74) is 1.60. The van der Waals surface area contributed by atoms with Gasteiger partial charge in [-0.15, -0.1) is 0 Å². The highest BCUT2D eigenvalue weighted by molar-refractivity contribution is 5.69.